The lowest BCUT2D eigenvalue weighted by Gasteiger charge is -2.20. The van der Waals surface area contributed by atoms with Crippen LogP contribution >= 0.6 is 11.8 Å². The van der Waals surface area contributed by atoms with Crippen LogP contribution in [0.15, 0.2) is 108 Å². The van der Waals surface area contributed by atoms with Gasteiger partial charge < -0.3 is 5.32 Å². The molecule has 0 radical (unpaired) electrons. The van der Waals surface area contributed by atoms with Crippen molar-refractivity contribution >= 4 is 23.4 Å². The molecule has 1 heterocycles. The van der Waals surface area contributed by atoms with Crippen LogP contribution in [0.2, 0.25) is 0 Å². The van der Waals surface area contributed by atoms with Gasteiger partial charge in [-0.05, 0) is 72.4 Å². The molecule has 1 N–H and O–H groups in total. The lowest BCUT2D eigenvalue weighted by atomic mass is 10.0. The Morgan fingerprint density at radius 1 is 0.870 bits per heavy atom. The maximum atomic E-state index is 13.7. The molecule has 8 nitrogen and oxygen atoms in total. The van der Waals surface area contributed by atoms with Crippen LogP contribution in [0.1, 0.15) is 71.5 Å². The molecule has 236 valence electrons. The molecule has 0 aliphatic rings. The van der Waals surface area contributed by atoms with E-state index in [9.17, 15) is 19.3 Å². The van der Waals surface area contributed by atoms with Gasteiger partial charge in [0.15, 0.2) is 11.0 Å². The number of hydrogen-bond acceptors (Lipinski definition) is 6. The number of nitro benzene ring substituents is 1. The van der Waals surface area contributed by atoms with Crippen molar-refractivity contribution < 1.29 is 14.1 Å². The van der Waals surface area contributed by atoms with Gasteiger partial charge >= 0.3 is 0 Å². The first-order valence-electron chi connectivity index (χ1n) is 15.4. The molecule has 1 amide bonds. The Morgan fingerprint density at radius 3 is 2.24 bits per heavy atom. The zero-order chi connectivity index (χ0) is 32.3. The standard InChI is InChI=1S/C36H36FN5O3S/c1-2-3-4-6-9-26-12-16-29(17-13-26)35(43)38-33(24-27-10-7-5-8-11-27)34-39-40-36(46-25-28-14-18-30(37)19-15-28)41(34)31-20-22-32(23-21-31)42(44)45/h5,7-8,10-23,33H,2-4,6,9,24-25H2,1H3,(H,38,43)/t33-/m0/s1. The van der Waals surface area contributed by atoms with E-state index in [-0.39, 0.29) is 17.4 Å². The van der Waals surface area contributed by atoms with E-state index in [0.29, 0.717) is 34.4 Å². The number of nitrogens with zero attached hydrogens (tertiary/aromatic N) is 4. The Balaban J connectivity index is 1.46. The van der Waals surface area contributed by atoms with E-state index in [1.54, 1.807) is 24.3 Å². The molecule has 0 fully saturated rings. The van der Waals surface area contributed by atoms with Crippen LogP contribution in [-0.4, -0.2) is 25.6 Å². The van der Waals surface area contributed by atoms with E-state index in [1.165, 1.54) is 60.9 Å². The molecular weight excluding hydrogens is 601 g/mol. The second-order valence-electron chi connectivity index (χ2n) is 11.1. The predicted octanol–water partition coefficient (Wildman–Crippen LogP) is 8.44. The van der Waals surface area contributed by atoms with Crippen molar-refractivity contribution in [1.29, 1.82) is 0 Å². The Labute approximate surface area is 272 Å². The van der Waals surface area contributed by atoms with E-state index in [1.807, 2.05) is 59.2 Å². The number of benzene rings is 4. The Morgan fingerprint density at radius 2 is 1.57 bits per heavy atom. The van der Waals surface area contributed by atoms with Crippen LogP contribution in [0.5, 0.6) is 0 Å². The number of amides is 1. The Bertz CT molecular complexity index is 1730. The fraction of sp³-hybridized carbons (Fsp3) is 0.250. The number of hydrogen-bond donors (Lipinski definition) is 1. The van der Waals surface area contributed by atoms with Crippen LogP contribution in [0, 0.1) is 15.9 Å². The molecule has 10 heteroatoms. The maximum absolute atomic E-state index is 13.7. The Hall–Kier alpha value is -4.83. The molecule has 0 spiro atoms. The first kappa shape index (κ1) is 32.6. The third-order valence-corrected chi connectivity index (χ3v) is 8.69. The van der Waals surface area contributed by atoms with Crippen molar-refractivity contribution in [2.24, 2.45) is 0 Å². The summed E-state index contributed by atoms with van der Waals surface area (Å²) in [5.74, 6) is 0.426. The molecule has 0 saturated carbocycles. The van der Waals surface area contributed by atoms with Gasteiger partial charge in [0.05, 0.1) is 11.0 Å². The summed E-state index contributed by atoms with van der Waals surface area (Å²) >= 11 is 1.40. The fourth-order valence-electron chi connectivity index (χ4n) is 5.17. The molecular formula is C36H36FN5O3S. The zero-order valence-electron chi connectivity index (χ0n) is 25.6. The summed E-state index contributed by atoms with van der Waals surface area (Å²) in [5.41, 5.74) is 4.22. The number of aromatic nitrogens is 3. The summed E-state index contributed by atoms with van der Waals surface area (Å²) in [5, 5.41) is 24.2. The number of carbonyl (C=O) groups is 1. The van der Waals surface area contributed by atoms with Gasteiger partial charge in [-0.15, -0.1) is 10.2 Å². The fourth-order valence-corrected chi connectivity index (χ4v) is 6.09. The molecule has 5 rings (SSSR count). The molecule has 0 saturated heterocycles. The highest BCUT2D eigenvalue weighted by molar-refractivity contribution is 7.98. The average Bonchev–Trinajstić information content (AvgIpc) is 3.51. The van der Waals surface area contributed by atoms with Crippen LogP contribution in [0.3, 0.4) is 0 Å². The highest BCUT2D eigenvalue weighted by Crippen LogP contribution is 2.30. The van der Waals surface area contributed by atoms with Gasteiger partial charge in [-0.1, -0.05) is 92.5 Å². The number of unbranched alkanes of at least 4 members (excludes halogenated alkanes) is 3. The van der Waals surface area contributed by atoms with Crippen molar-refractivity contribution in [3.63, 3.8) is 0 Å². The van der Waals surface area contributed by atoms with E-state index in [0.717, 1.165) is 24.0 Å². The van der Waals surface area contributed by atoms with E-state index >= 15 is 0 Å². The van der Waals surface area contributed by atoms with Gasteiger partial charge in [0.1, 0.15) is 5.82 Å². The summed E-state index contributed by atoms with van der Waals surface area (Å²) in [6, 6.07) is 29.4. The lowest BCUT2D eigenvalue weighted by molar-refractivity contribution is -0.384. The third kappa shape index (κ3) is 8.66. The molecule has 1 atom stereocenters. The van der Waals surface area contributed by atoms with E-state index in [4.69, 9.17) is 0 Å². The topological polar surface area (TPSA) is 103 Å². The SMILES string of the molecule is CCCCCCc1ccc(C(=O)N[C@@H](Cc2ccccc2)c2nnc(SCc3ccc(F)cc3)n2-c2ccc([N+](=O)[O-])cc2)cc1. The van der Waals surface area contributed by atoms with E-state index in [2.05, 4.69) is 22.4 Å². The van der Waals surface area contributed by atoms with Gasteiger partial charge in [0.2, 0.25) is 0 Å². The first-order valence-corrected chi connectivity index (χ1v) is 16.4. The minimum Gasteiger partial charge on any atom is -0.342 e. The molecule has 0 bridgehead atoms. The number of nitrogens with one attached hydrogen (secondary N) is 1. The van der Waals surface area contributed by atoms with Crippen LogP contribution < -0.4 is 5.32 Å². The molecule has 1 aromatic heterocycles. The minimum atomic E-state index is -0.577. The molecule has 4 aromatic carbocycles. The van der Waals surface area contributed by atoms with Crippen LogP contribution in [0.4, 0.5) is 10.1 Å². The molecule has 46 heavy (non-hydrogen) atoms. The normalized spacial score (nSPS) is 11.7. The summed E-state index contributed by atoms with van der Waals surface area (Å²) in [4.78, 5) is 24.6. The lowest BCUT2D eigenvalue weighted by Crippen LogP contribution is -2.32. The minimum absolute atomic E-state index is 0.0400. The zero-order valence-corrected chi connectivity index (χ0v) is 26.5. The number of carbonyl (C=O) groups excluding carboxylic acids is 1. The van der Waals surface area contributed by atoms with Gasteiger partial charge in [0, 0.05) is 29.1 Å². The van der Waals surface area contributed by atoms with Gasteiger partial charge in [-0.2, -0.15) is 0 Å². The van der Waals surface area contributed by atoms with Gasteiger partial charge in [-0.25, -0.2) is 4.39 Å². The third-order valence-electron chi connectivity index (χ3n) is 7.69. The monoisotopic (exact) mass is 637 g/mol. The van der Waals surface area contributed by atoms with Gasteiger partial charge in [0.25, 0.3) is 11.6 Å². The summed E-state index contributed by atoms with van der Waals surface area (Å²) in [6.07, 6.45) is 6.15. The second-order valence-corrected chi connectivity index (χ2v) is 12.0. The maximum Gasteiger partial charge on any atom is 0.269 e. The number of rotatable bonds is 15. The van der Waals surface area contributed by atoms with Crippen molar-refractivity contribution in [3.8, 4) is 5.69 Å². The Kier molecular flexibility index (Phi) is 11.3. The van der Waals surface area contributed by atoms with E-state index < -0.39 is 11.0 Å². The van der Waals surface area contributed by atoms with Crippen molar-refractivity contribution in [1.82, 2.24) is 20.1 Å². The average molecular weight is 638 g/mol. The van der Waals surface area contributed by atoms with Crippen LogP contribution in [-0.2, 0) is 18.6 Å². The number of nitro groups is 1. The number of halogens is 1. The summed E-state index contributed by atoms with van der Waals surface area (Å²) in [6.45, 7) is 2.19. The summed E-state index contributed by atoms with van der Waals surface area (Å²) in [7, 11) is 0. The number of non-ortho nitro benzene ring substituents is 1. The number of thioether (sulfide) groups is 1. The number of aryl methyl sites for hydroxylation is 1. The quantitative estimate of drug-likeness (QED) is 0.0535. The first-order chi connectivity index (χ1) is 22.4. The largest absolute Gasteiger partial charge is 0.342 e. The molecule has 5 aromatic rings. The van der Waals surface area contributed by atoms with Crippen LogP contribution in [0.25, 0.3) is 5.69 Å². The van der Waals surface area contributed by atoms with Crippen molar-refractivity contribution in [2.45, 2.75) is 62.4 Å². The highest BCUT2D eigenvalue weighted by atomic mass is 32.2. The van der Waals surface area contributed by atoms with Crippen molar-refractivity contribution in [3.05, 3.63) is 147 Å². The predicted molar refractivity (Wildman–Crippen MR) is 179 cm³/mol. The molecule has 0 aliphatic carbocycles. The second kappa shape index (κ2) is 15.9. The smallest absolute Gasteiger partial charge is 0.269 e. The highest BCUT2D eigenvalue weighted by Gasteiger charge is 2.26. The molecule has 0 aliphatic heterocycles. The van der Waals surface area contributed by atoms with Crippen molar-refractivity contribution in [2.75, 3.05) is 0 Å². The summed E-state index contributed by atoms with van der Waals surface area (Å²) < 4.78 is 15.3. The van der Waals surface area contributed by atoms with Gasteiger partial charge in [-0.3, -0.25) is 19.5 Å². The molecule has 0 unspecified atom stereocenters.